The van der Waals surface area contributed by atoms with E-state index in [1.54, 1.807) is 30.6 Å². The Hall–Kier alpha value is -2.30. The lowest BCUT2D eigenvalue weighted by Crippen LogP contribution is -2.08. The van der Waals surface area contributed by atoms with Crippen LogP contribution in [-0.4, -0.2) is 15.1 Å². The number of aromatic nitrogens is 2. The number of anilines is 4. The number of hydrogen-bond acceptors (Lipinski definition) is 5. The predicted molar refractivity (Wildman–Crippen MR) is 56.7 cm³/mol. The van der Waals surface area contributed by atoms with E-state index in [0.717, 1.165) is 11.4 Å². The largest absolute Gasteiger partial charge is 0.508 e. The molecule has 2 aromatic rings. The predicted octanol–water partition coefficient (Wildman–Crippen LogP) is 1.98. The molecule has 0 unspecified atom stereocenters. The molecule has 0 aliphatic carbocycles. The van der Waals surface area contributed by atoms with E-state index >= 15 is 0 Å². The summed E-state index contributed by atoms with van der Waals surface area (Å²) in [4.78, 5) is 8.27. The van der Waals surface area contributed by atoms with Crippen LogP contribution in [0, 0.1) is 0 Å². The molecular formula is C10H8N4O. The maximum absolute atomic E-state index is 9.33. The molecular weight excluding hydrogens is 192 g/mol. The maximum atomic E-state index is 9.33. The topological polar surface area (TPSA) is 70.1 Å². The monoisotopic (exact) mass is 200 g/mol. The number of fused-ring (bicyclic) bond motifs is 2. The molecule has 3 N–H and O–H groups in total. The summed E-state index contributed by atoms with van der Waals surface area (Å²) in [5.74, 6) is 1.57. The second-order valence-corrected chi connectivity index (χ2v) is 3.23. The molecule has 3 rings (SSSR count). The van der Waals surface area contributed by atoms with Crippen molar-refractivity contribution in [2.45, 2.75) is 0 Å². The normalized spacial score (nSPS) is 12.0. The van der Waals surface area contributed by atoms with Gasteiger partial charge < -0.3 is 15.7 Å². The highest BCUT2D eigenvalue weighted by molar-refractivity contribution is 5.87. The highest BCUT2D eigenvalue weighted by Crippen LogP contribution is 2.37. The molecule has 74 valence electrons. The molecule has 5 heteroatoms. The van der Waals surface area contributed by atoms with Crippen LogP contribution in [-0.2, 0) is 0 Å². The zero-order valence-corrected chi connectivity index (χ0v) is 7.73. The molecule has 15 heavy (non-hydrogen) atoms. The number of phenols is 1. The molecule has 1 aliphatic rings. The minimum Gasteiger partial charge on any atom is -0.508 e. The number of aromatic hydroxyl groups is 1. The first-order chi connectivity index (χ1) is 7.33. The number of nitrogens with zero attached hydrogens (tertiary/aromatic N) is 2. The number of nitrogens with one attached hydrogen (secondary N) is 2. The Morgan fingerprint density at radius 3 is 2.33 bits per heavy atom. The van der Waals surface area contributed by atoms with Gasteiger partial charge in [0.05, 0.1) is 11.4 Å². The van der Waals surface area contributed by atoms with E-state index in [4.69, 9.17) is 0 Å². The number of benzene rings is 1. The van der Waals surface area contributed by atoms with E-state index < -0.39 is 0 Å². The Balaban J connectivity index is 2.11. The van der Waals surface area contributed by atoms with E-state index in [1.807, 2.05) is 0 Å². The van der Waals surface area contributed by atoms with Crippen molar-refractivity contribution < 1.29 is 5.11 Å². The lowest BCUT2D eigenvalue weighted by molar-refractivity contribution is 0.475. The third-order valence-corrected chi connectivity index (χ3v) is 2.21. The van der Waals surface area contributed by atoms with Crippen molar-refractivity contribution in [3.05, 3.63) is 30.6 Å². The van der Waals surface area contributed by atoms with Gasteiger partial charge in [-0.2, -0.15) is 0 Å². The van der Waals surface area contributed by atoms with Crippen LogP contribution in [0.25, 0.3) is 0 Å². The first kappa shape index (κ1) is 8.05. The second-order valence-electron chi connectivity index (χ2n) is 3.23. The first-order valence-electron chi connectivity index (χ1n) is 4.51. The van der Waals surface area contributed by atoms with E-state index in [2.05, 4.69) is 20.6 Å². The average molecular weight is 200 g/mol. The molecule has 0 radical (unpaired) electrons. The van der Waals surface area contributed by atoms with Crippen molar-refractivity contribution in [1.82, 2.24) is 9.97 Å². The molecule has 1 aromatic carbocycles. The van der Waals surface area contributed by atoms with Crippen LogP contribution in [0.5, 0.6) is 5.75 Å². The van der Waals surface area contributed by atoms with Crippen LogP contribution in [0.4, 0.5) is 23.0 Å². The summed E-state index contributed by atoms with van der Waals surface area (Å²) < 4.78 is 0. The third kappa shape index (κ3) is 1.25. The zero-order valence-electron chi connectivity index (χ0n) is 7.73. The fourth-order valence-corrected chi connectivity index (χ4v) is 1.52. The van der Waals surface area contributed by atoms with Gasteiger partial charge in [-0.25, -0.2) is 9.97 Å². The average Bonchev–Trinajstić information content (AvgIpc) is 2.26. The summed E-state index contributed by atoms with van der Waals surface area (Å²) in [7, 11) is 0. The fourth-order valence-electron chi connectivity index (χ4n) is 1.52. The summed E-state index contributed by atoms with van der Waals surface area (Å²) in [5, 5.41) is 15.5. The lowest BCUT2D eigenvalue weighted by atomic mass is 10.2. The van der Waals surface area contributed by atoms with Gasteiger partial charge in [0.25, 0.3) is 0 Å². The fraction of sp³-hybridized carbons (Fsp3) is 0. The van der Waals surface area contributed by atoms with Gasteiger partial charge in [0, 0.05) is 18.5 Å². The van der Waals surface area contributed by atoms with Gasteiger partial charge in [-0.15, -0.1) is 0 Å². The molecule has 5 nitrogen and oxygen atoms in total. The number of hydrogen-bond donors (Lipinski definition) is 3. The highest BCUT2D eigenvalue weighted by atomic mass is 16.3. The van der Waals surface area contributed by atoms with Crippen LogP contribution >= 0.6 is 0 Å². The maximum Gasteiger partial charge on any atom is 0.174 e. The highest BCUT2D eigenvalue weighted by Gasteiger charge is 2.15. The zero-order chi connectivity index (χ0) is 10.3. The first-order valence-corrected chi connectivity index (χ1v) is 4.51. The van der Waals surface area contributed by atoms with Crippen LogP contribution in [0.1, 0.15) is 0 Å². The second kappa shape index (κ2) is 2.84. The van der Waals surface area contributed by atoms with E-state index in [1.165, 1.54) is 0 Å². The van der Waals surface area contributed by atoms with Crippen LogP contribution in [0.2, 0.25) is 0 Å². The van der Waals surface area contributed by atoms with Crippen molar-refractivity contribution in [1.29, 1.82) is 0 Å². The Labute approximate surface area is 85.8 Å². The third-order valence-electron chi connectivity index (χ3n) is 2.21. The van der Waals surface area contributed by atoms with Crippen molar-refractivity contribution in [2.24, 2.45) is 0 Å². The molecule has 0 bridgehead atoms. The lowest BCUT2D eigenvalue weighted by Gasteiger charge is -2.20. The molecule has 0 fully saturated rings. The molecule has 0 atom stereocenters. The Morgan fingerprint density at radius 2 is 1.60 bits per heavy atom. The molecule has 2 heterocycles. The standard InChI is InChI=1S/C10H8N4O/c15-6-1-2-7-8(5-6)14-10-9(13-7)11-3-4-12-10/h1-5,15H,(H,11,13)(H,12,14). The van der Waals surface area contributed by atoms with Gasteiger partial charge in [0.15, 0.2) is 11.6 Å². The Morgan fingerprint density at radius 1 is 0.933 bits per heavy atom. The molecule has 1 aromatic heterocycles. The molecule has 0 saturated heterocycles. The van der Waals surface area contributed by atoms with Crippen molar-refractivity contribution >= 4 is 23.0 Å². The van der Waals surface area contributed by atoms with Gasteiger partial charge in [0.2, 0.25) is 0 Å². The van der Waals surface area contributed by atoms with Gasteiger partial charge >= 0.3 is 0 Å². The number of phenolic OH excluding ortho intramolecular Hbond substituents is 1. The summed E-state index contributed by atoms with van der Waals surface area (Å²) in [6, 6.07) is 5.05. The van der Waals surface area contributed by atoms with E-state index in [9.17, 15) is 5.11 Å². The Kier molecular flexibility index (Phi) is 1.53. The molecule has 0 amide bonds. The summed E-state index contributed by atoms with van der Waals surface area (Å²) >= 11 is 0. The van der Waals surface area contributed by atoms with Crippen molar-refractivity contribution in [3.63, 3.8) is 0 Å². The summed E-state index contributed by atoms with van der Waals surface area (Å²) in [6.45, 7) is 0. The van der Waals surface area contributed by atoms with E-state index in [-0.39, 0.29) is 5.75 Å². The minimum atomic E-state index is 0.218. The number of rotatable bonds is 0. The smallest absolute Gasteiger partial charge is 0.174 e. The van der Waals surface area contributed by atoms with Crippen molar-refractivity contribution in [2.75, 3.05) is 10.6 Å². The summed E-state index contributed by atoms with van der Waals surface area (Å²) in [5.41, 5.74) is 1.67. The van der Waals surface area contributed by atoms with Gasteiger partial charge in [-0.1, -0.05) is 0 Å². The summed E-state index contributed by atoms with van der Waals surface area (Å²) in [6.07, 6.45) is 3.24. The van der Waals surface area contributed by atoms with Crippen LogP contribution in [0.3, 0.4) is 0 Å². The Bertz CT molecular complexity index is 527. The quantitative estimate of drug-likeness (QED) is 0.484. The van der Waals surface area contributed by atoms with Crippen LogP contribution in [0.15, 0.2) is 30.6 Å². The molecule has 1 aliphatic heterocycles. The van der Waals surface area contributed by atoms with Gasteiger partial charge in [0.1, 0.15) is 5.75 Å². The van der Waals surface area contributed by atoms with Crippen molar-refractivity contribution in [3.8, 4) is 5.75 Å². The SMILES string of the molecule is Oc1ccc2c(c1)Nc1nccnc1N2. The van der Waals surface area contributed by atoms with E-state index in [0.29, 0.717) is 11.6 Å². The molecule has 0 spiro atoms. The minimum absolute atomic E-state index is 0.218. The van der Waals surface area contributed by atoms with Crippen LogP contribution < -0.4 is 10.6 Å². The van der Waals surface area contributed by atoms with Gasteiger partial charge in [-0.05, 0) is 12.1 Å². The van der Waals surface area contributed by atoms with Gasteiger partial charge in [-0.3, -0.25) is 0 Å². The molecule has 0 saturated carbocycles.